The normalized spacial score (nSPS) is 26.8. The van der Waals surface area contributed by atoms with Crippen LogP contribution in [0.4, 0.5) is 0 Å². The van der Waals surface area contributed by atoms with E-state index in [0.29, 0.717) is 11.5 Å². The number of hydrogen-bond donors (Lipinski definition) is 1. The molecule has 2 N–H and O–H groups in total. The molecule has 0 amide bonds. The first-order valence-electron chi connectivity index (χ1n) is 7.46. The molecule has 0 aromatic carbocycles. The molecule has 1 aliphatic carbocycles. The molecule has 0 spiro atoms. The van der Waals surface area contributed by atoms with Crippen molar-refractivity contribution in [3.8, 4) is 0 Å². The minimum atomic E-state index is 0.487. The molecule has 100 valence electrons. The van der Waals surface area contributed by atoms with Crippen LogP contribution in [0.2, 0.25) is 0 Å². The van der Waals surface area contributed by atoms with E-state index < -0.39 is 0 Å². The highest BCUT2D eigenvalue weighted by atomic mass is 15.2. The summed E-state index contributed by atoms with van der Waals surface area (Å²) in [4.78, 5) is 2.69. The molecule has 2 rings (SSSR count). The molecule has 17 heavy (non-hydrogen) atoms. The fraction of sp³-hybridized carbons (Fsp3) is 1.00. The van der Waals surface area contributed by atoms with Crippen LogP contribution in [0.25, 0.3) is 0 Å². The summed E-state index contributed by atoms with van der Waals surface area (Å²) in [6.07, 6.45) is 7.00. The van der Waals surface area contributed by atoms with E-state index >= 15 is 0 Å². The van der Waals surface area contributed by atoms with Crippen molar-refractivity contribution in [2.24, 2.45) is 23.0 Å². The number of rotatable bonds is 3. The molecule has 1 aliphatic heterocycles. The average Bonchev–Trinajstić information content (AvgIpc) is 2.22. The van der Waals surface area contributed by atoms with Crippen LogP contribution in [-0.2, 0) is 0 Å². The number of nitrogens with zero attached hydrogens (tertiary/aromatic N) is 1. The van der Waals surface area contributed by atoms with Crippen molar-refractivity contribution >= 4 is 0 Å². The molecule has 2 heteroatoms. The molecule has 2 fully saturated rings. The van der Waals surface area contributed by atoms with Gasteiger partial charge in [-0.05, 0) is 56.0 Å². The third kappa shape index (κ3) is 3.03. The van der Waals surface area contributed by atoms with Gasteiger partial charge in [-0.25, -0.2) is 0 Å². The molecule has 0 radical (unpaired) electrons. The van der Waals surface area contributed by atoms with Gasteiger partial charge in [0.25, 0.3) is 0 Å². The lowest BCUT2D eigenvalue weighted by molar-refractivity contribution is 0.0433. The van der Waals surface area contributed by atoms with Gasteiger partial charge in [-0.3, -0.25) is 4.90 Å². The maximum absolute atomic E-state index is 5.99. The summed E-state index contributed by atoms with van der Waals surface area (Å²) < 4.78 is 0. The maximum atomic E-state index is 5.99. The highest BCUT2D eigenvalue weighted by Crippen LogP contribution is 2.37. The molecule has 1 heterocycles. The van der Waals surface area contributed by atoms with Crippen LogP contribution in [0.1, 0.15) is 52.9 Å². The van der Waals surface area contributed by atoms with Crippen LogP contribution in [0, 0.1) is 17.3 Å². The molecule has 1 saturated heterocycles. The molecular formula is C15H30N2. The Kier molecular flexibility index (Phi) is 4.14. The van der Waals surface area contributed by atoms with Gasteiger partial charge in [-0.15, -0.1) is 0 Å². The minimum absolute atomic E-state index is 0.487. The molecule has 0 bridgehead atoms. The second-order valence-corrected chi connectivity index (χ2v) is 7.17. The van der Waals surface area contributed by atoms with Crippen molar-refractivity contribution in [2.45, 2.75) is 58.9 Å². The monoisotopic (exact) mass is 238 g/mol. The van der Waals surface area contributed by atoms with Crippen LogP contribution in [0.5, 0.6) is 0 Å². The molecular weight excluding hydrogens is 208 g/mol. The number of likely N-dealkylation sites (tertiary alicyclic amines) is 1. The highest BCUT2D eigenvalue weighted by molar-refractivity contribution is 4.89. The highest BCUT2D eigenvalue weighted by Gasteiger charge is 2.35. The Balaban J connectivity index is 1.85. The lowest BCUT2D eigenvalue weighted by atomic mass is 9.74. The van der Waals surface area contributed by atoms with Gasteiger partial charge in [-0.1, -0.05) is 27.2 Å². The molecule has 0 aromatic rings. The van der Waals surface area contributed by atoms with Gasteiger partial charge in [0, 0.05) is 12.6 Å². The third-order valence-electron chi connectivity index (χ3n) is 5.16. The summed E-state index contributed by atoms with van der Waals surface area (Å²) in [5.74, 6) is 1.81. The van der Waals surface area contributed by atoms with Crippen LogP contribution in [0.3, 0.4) is 0 Å². The number of nitrogens with two attached hydrogens (primary N) is 1. The van der Waals surface area contributed by atoms with Crippen molar-refractivity contribution in [3.63, 3.8) is 0 Å². The van der Waals surface area contributed by atoms with E-state index in [1.807, 2.05) is 0 Å². The Morgan fingerprint density at radius 1 is 1.12 bits per heavy atom. The van der Waals surface area contributed by atoms with Crippen LogP contribution in [0.15, 0.2) is 0 Å². The van der Waals surface area contributed by atoms with E-state index in [4.69, 9.17) is 5.73 Å². The van der Waals surface area contributed by atoms with E-state index in [1.54, 1.807) is 0 Å². The summed E-state index contributed by atoms with van der Waals surface area (Å²) in [6, 6.07) is 0.685. The molecule has 2 aliphatic rings. The molecule has 0 aromatic heterocycles. The van der Waals surface area contributed by atoms with Crippen LogP contribution in [-0.4, -0.2) is 30.6 Å². The summed E-state index contributed by atoms with van der Waals surface area (Å²) in [6.45, 7) is 10.6. The lowest BCUT2D eigenvalue weighted by Gasteiger charge is -2.46. The summed E-state index contributed by atoms with van der Waals surface area (Å²) >= 11 is 0. The number of piperidine rings is 1. The third-order valence-corrected chi connectivity index (χ3v) is 5.16. The van der Waals surface area contributed by atoms with Gasteiger partial charge in [0.15, 0.2) is 0 Å². The first-order chi connectivity index (χ1) is 8.02. The SMILES string of the molecule is CC(C)(C)C1CCN(C(CN)C2CCC2)CC1. The topological polar surface area (TPSA) is 29.3 Å². The van der Waals surface area contributed by atoms with Crippen LogP contribution < -0.4 is 5.73 Å². The Bertz CT molecular complexity index is 232. The van der Waals surface area contributed by atoms with Crippen LogP contribution >= 0.6 is 0 Å². The number of hydrogen-bond acceptors (Lipinski definition) is 2. The second-order valence-electron chi connectivity index (χ2n) is 7.17. The largest absolute Gasteiger partial charge is 0.329 e. The Hall–Kier alpha value is -0.0800. The van der Waals surface area contributed by atoms with Crippen molar-refractivity contribution in [2.75, 3.05) is 19.6 Å². The Labute approximate surface area is 107 Å². The molecule has 1 unspecified atom stereocenters. The van der Waals surface area contributed by atoms with Crippen molar-refractivity contribution in [1.82, 2.24) is 4.90 Å². The Morgan fingerprint density at radius 3 is 2.06 bits per heavy atom. The van der Waals surface area contributed by atoms with E-state index in [1.165, 1.54) is 45.2 Å². The van der Waals surface area contributed by atoms with E-state index in [2.05, 4.69) is 25.7 Å². The molecule has 1 saturated carbocycles. The van der Waals surface area contributed by atoms with Gasteiger partial charge in [0.2, 0.25) is 0 Å². The van der Waals surface area contributed by atoms with Gasteiger partial charge >= 0.3 is 0 Å². The Morgan fingerprint density at radius 2 is 1.71 bits per heavy atom. The van der Waals surface area contributed by atoms with Gasteiger partial charge in [0.1, 0.15) is 0 Å². The predicted molar refractivity (Wildman–Crippen MR) is 73.9 cm³/mol. The summed E-state index contributed by atoms with van der Waals surface area (Å²) in [5, 5.41) is 0. The first kappa shape index (κ1) is 13.4. The second kappa shape index (κ2) is 5.27. The standard InChI is InChI=1S/C15H30N2/c1-15(2,3)13-7-9-17(10-8-13)14(11-16)12-5-4-6-12/h12-14H,4-11,16H2,1-3H3. The lowest BCUT2D eigenvalue weighted by Crippen LogP contribution is -2.51. The fourth-order valence-corrected chi connectivity index (χ4v) is 3.56. The quantitative estimate of drug-likeness (QED) is 0.819. The van der Waals surface area contributed by atoms with Gasteiger partial charge in [0.05, 0.1) is 0 Å². The van der Waals surface area contributed by atoms with Crippen molar-refractivity contribution < 1.29 is 0 Å². The predicted octanol–water partition coefficient (Wildman–Crippen LogP) is 2.87. The summed E-state index contributed by atoms with van der Waals surface area (Å²) in [5.41, 5.74) is 6.48. The maximum Gasteiger partial charge on any atom is 0.0246 e. The smallest absolute Gasteiger partial charge is 0.0246 e. The zero-order valence-corrected chi connectivity index (χ0v) is 11.9. The fourth-order valence-electron chi connectivity index (χ4n) is 3.56. The minimum Gasteiger partial charge on any atom is -0.329 e. The summed E-state index contributed by atoms with van der Waals surface area (Å²) in [7, 11) is 0. The zero-order chi connectivity index (χ0) is 12.5. The van der Waals surface area contributed by atoms with Crippen molar-refractivity contribution in [1.29, 1.82) is 0 Å². The van der Waals surface area contributed by atoms with Crippen molar-refractivity contribution in [3.05, 3.63) is 0 Å². The molecule has 2 nitrogen and oxygen atoms in total. The first-order valence-corrected chi connectivity index (χ1v) is 7.46. The van der Waals surface area contributed by atoms with E-state index in [0.717, 1.165) is 18.4 Å². The average molecular weight is 238 g/mol. The van der Waals surface area contributed by atoms with E-state index in [9.17, 15) is 0 Å². The van der Waals surface area contributed by atoms with Gasteiger partial charge < -0.3 is 5.73 Å². The van der Waals surface area contributed by atoms with Gasteiger partial charge in [-0.2, -0.15) is 0 Å². The zero-order valence-electron chi connectivity index (χ0n) is 11.9. The molecule has 1 atom stereocenters. The van der Waals surface area contributed by atoms with E-state index in [-0.39, 0.29) is 0 Å².